The van der Waals surface area contributed by atoms with Gasteiger partial charge in [-0.25, -0.2) is 14.1 Å². The van der Waals surface area contributed by atoms with E-state index in [1.54, 1.807) is 30.6 Å². The molecule has 0 aliphatic carbocycles. The normalized spacial score (nSPS) is 11.6. The molecule has 0 radical (unpaired) electrons. The van der Waals surface area contributed by atoms with Gasteiger partial charge in [-0.3, -0.25) is 0 Å². The maximum Gasteiger partial charge on any atom is 0.148 e. The Morgan fingerprint density at radius 1 is 1.16 bits per heavy atom. The van der Waals surface area contributed by atoms with Crippen LogP contribution in [0.1, 0.15) is 11.3 Å². The monoisotopic (exact) mass is 336 g/mol. The summed E-state index contributed by atoms with van der Waals surface area (Å²) in [6.07, 6.45) is 6.54. The van der Waals surface area contributed by atoms with Crippen LogP contribution in [0.4, 0.5) is 4.39 Å². The van der Waals surface area contributed by atoms with Gasteiger partial charge in [-0.15, -0.1) is 5.10 Å². The number of benzene rings is 1. The van der Waals surface area contributed by atoms with Crippen molar-refractivity contribution in [2.75, 3.05) is 0 Å². The van der Waals surface area contributed by atoms with Crippen LogP contribution < -0.4 is 0 Å². The fourth-order valence-electron chi connectivity index (χ4n) is 2.74. The molecular formula is C17H13FN6O. The van der Waals surface area contributed by atoms with E-state index in [-0.39, 0.29) is 5.82 Å². The van der Waals surface area contributed by atoms with Crippen molar-refractivity contribution < 1.29 is 9.60 Å². The molecule has 4 aromatic rings. The predicted molar refractivity (Wildman–Crippen MR) is 89.5 cm³/mol. The average molecular weight is 336 g/mol. The summed E-state index contributed by atoms with van der Waals surface area (Å²) in [7, 11) is 0. The summed E-state index contributed by atoms with van der Waals surface area (Å²) in [5, 5.41) is 20.9. The fraction of sp³-hybridized carbons (Fsp3) is 0.0588. The molecule has 1 N–H and O–H groups in total. The molecule has 3 heterocycles. The van der Waals surface area contributed by atoms with E-state index >= 15 is 0 Å². The average Bonchev–Trinajstić information content (AvgIpc) is 3.22. The highest BCUT2D eigenvalue weighted by Gasteiger charge is 2.11. The van der Waals surface area contributed by atoms with Crippen LogP contribution in [0.25, 0.3) is 16.7 Å². The van der Waals surface area contributed by atoms with Crippen molar-refractivity contribution in [3.8, 4) is 5.69 Å². The number of para-hydroxylation sites is 1. The first-order chi connectivity index (χ1) is 12.3. The first-order valence-corrected chi connectivity index (χ1v) is 7.53. The minimum atomic E-state index is -0.367. The van der Waals surface area contributed by atoms with Gasteiger partial charge in [0.1, 0.15) is 22.8 Å². The van der Waals surface area contributed by atoms with Gasteiger partial charge in [0.2, 0.25) is 0 Å². The van der Waals surface area contributed by atoms with E-state index in [1.165, 1.54) is 17.0 Å². The maximum atomic E-state index is 13.9. The highest BCUT2D eigenvalue weighted by Crippen LogP contribution is 2.19. The van der Waals surface area contributed by atoms with E-state index in [4.69, 9.17) is 5.21 Å². The molecule has 0 atom stereocenters. The summed E-state index contributed by atoms with van der Waals surface area (Å²) in [5.74, 6) is -0.367. The molecule has 3 aromatic heterocycles. The largest absolute Gasteiger partial charge is 0.411 e. The summed E-state index contributed by atoms with van der Waals surface area (Å²) < 4.78 is 17.1. The first-order valence-electron chi connectivity index (χ1n) is 7.53. The topological polar surface area (TPSA) is 81.1 Å². The van der Waals surface area contributed by atoms with E-state index in [2.05, 4.69) is 20.5 Å². The smallest absolute Gasteiger partial charge is 0.148 e. The number of rotatable bonds is 4. The van der Waals surface area contributed by atoms with Crippen molar-refractivity contribution in [1.29, 1.82) is 0 Å². The summed E-state index contributed by atoms with van der Waals surface area (Å²) in [5.41, 5.74) is 2.47. The Kier molecular flexibility index (Phi) is 3.70. The second kappa shape index (κ2) is 6.16. The van der Waals surface area contributed by atoms with Gasteiger partial charge in [-0.05, 0) is 24.3 Å². The van der Waals surface area contributed by atoms with Crippen LogP contribution in [0.15, 0.2) is 60.1 Å². The third-order valence-electron chi connectivity index (χ3n) is 3.83. The van der Waals surface area contributed by atoms with Crippen molar-refractivity contribution in [3.63, 3.8) is 0 Å². The lowest BCUT2D eigenvalue weighted by atomic mass is 10.2. The zero-order valence-electron chi connectivity index (χ0n) is 13.0. The van der Waals surface area contributed by atoms with Crippen molar-refractivity contribution in [2.24, 2.45) is 5.16 Å². The number of hydrogen-bond donors (Lipinski definition) is 1. The summed E-state index contributed by atoms with van der Waals surface area (Å²) in [6, 6.07) is 10.1. The first kappa shape index (κ1) is 15.0. The molecule has 0 unspecified atom stereocenters. The van der Waals surface area contributed by atoms with Crippen molar-refractivity contribution in [3.05, 3.63) is 72.1 Å². The lowest BCUT2D eigenvalue weighted by molar-refractivity contribution is 0.322. The van der Waals surface area contributed by atoms with Crippen molar-refractivity contribution >= 4 is 17.2 Å². The summed E-state index contributed by atoms with van der Waals surface area (Å²) in [4.78, 5) is 4.36. The van der Waals surface area contributed by atoms with Crippen LogP contribution >= 0.6 is 0 Å². The number of fused-ring (bicyclic) bond motifs is 1. The van der Waals surface area contributed by atoms with Crippen molar-refractivity contribution in [1.82, 2.24) is 24.5 Å². The van der Waals surface area contributed by atoms with Gasteiger partial charge in [-0.2, -0.15) is 0 Å². The molecule has 0 aliphatic heterocycles. The Bertz CT molecular complexity index is 1070. The second-order valence-electron chi connectivity index (χ2n) is 5.44. The minimum Gasteiger partial charge on any atom is -0.411 e. The Morgan fingerprint density at radius 2 is 2.04 bits per heavy atom. The molecular weight excluding hydrogens is 323 g/mol. The molecule has 0 aliphatic rings. The molecule has 0 spiro atoms. The molecule has 0 saturated heterocycles. The number of hydrogen-bond acceptors (Lipinski definition) is 5. The SMILES string of the molecule is O/N=C/c1cn(Cc2cn(-c3ccccc3F)nn2)c2ncccc12. The lowest BCUT2D eigenvalue weighted by Crippen LogP contribution is -1.99. The van der Waals surface area contributed by atoms with Crippen LogP contribution in [0.2, 0.25) is 0 Å². The number of oxime groups is 1. The van der Waals surface area contributed by atoms with Gasteiger partial charge in [0.25, 0.3) is 0 Å². The van der Waals surface area contributed by atoms with Crippen LogP contribution in [-0.4, -0.2) is 36.0 Å². The zero-order chi connectivity index (χ0) is 17.2. The molecule has 0 amide bonds. The van der Waals surface area contributed by atoms with Gasteiger partial charge >= 0.3 is 0 Å². The van der Waals surface area contributed by atoms with E-state index in [1.807, 2.05) is 22.9 Å². The molecule has 0 saturated carbocycles. The summed E-state index contributed by atoms with van der Waals surface area (Å²) >= 11 is 0. The Labute approximate surface area is 141 Å². The van der Waals surface area contributed by atoms with Crippen LogP contribution in [0, 0.1) is 5.82 Å². The van der Waals surface area contributed by atoms with Crippen LogP contribution in [0.3, 0.4) is 0 Å². The molecule has 0 bridgehead atoms. The van der Waals surface area contributed by atoms with E-state index in [0.29, 0.717) is 17.9 Å². The summed E-state index contributed by atoms with van der Waals surface area (Å²) in [6.45, 7) is 0.404. The van der Waals surface area contributed by atoms with Gasteiger partial charge in [0.15, 0.2) is 0 Å². The van der Waals surface area contributed by atoms with Gasteiger partial charge in [-0.1, -0.05) is 22.5 Å². The molecule has 1 aromatic carbocycles. The number of aromatic nitrogens is 5. The second-order valence-corrected chi connectivity index (χ2v) is 5.44. The quantitative estimate of drug-likeness (QED) is 0.353. The highest BCUT2D eigenvalue weighted by molar-refractivity contribution is 5.97. The lowest BCUT2D eigenvalue weighted by Gasteiger charge is -2.01. The Balaban J connectivity index is 1.70. The molecule has 7 nitrogen and oxygen atoms in total. The highest BCUT2D eigenvalue weighted by atomic mass is 19.1. The van der Waals surface area contributed by atoms with Gasteiger partial charge in [0, 0.05) is 23.3 Å². The third-order valence-corrected chi connectivity index (χ3v) is 3.83. The Morgan fingerprint density at radius 3 is 2.88 bits per heavy atom. The number of pyridine rings is 1. The molecule has 124 valence electrons. The molecule has 25 heavy (non-hydrogen) atoms. The third kappa shape index (κ3) is 2.74. The minimum absolute atomic E-state index is 0.338. The molecule has 0 fully saturated rings. The van der Waals surface area contributed by atoms with E-state index in [0.717, 1.165) is 16.6 Å². The van der Waals surface area contributed by atoms with E-state index < -0.39 is 0 Å². The van der Waals surface area contributed by atoms with Crippen LogP contribution in [-0.2, 0) is 6.54 Å². The maximum absolute atomic E-state index is 13.9. The Hall–Kier alpha value is -3.55. The molecule has 8 heteroatoms. The van der Waals surface area contributed by atoms with Crippen molar-refractivity contribution in [2.45, 2.75) is 6.54 Å². The van der Waals surface area contributed by atoms with E-state index in [9.17, 15) is 4.39 Å². The predicted octanol–water partition coefficient (Wildman–Crippen LogP) is 2.61. The van der Waals surface area contributed by atoms with Gasteiger partial charge < -0.3 is 9.77 Å². The zero-order valence-corrected chi connectivity index (χ0v) is 13.0. The molecule has 4 rings (SSSR count). The van der Waals surface area contributed by atoms with Crippen LogP contribution in [0.5, 0.6) is 0 Å². The number of halogens is 1. The standard InChI is InChI=1S/C17H13FN6O/c18-15-5-1-2-6-16(15)24-11-13(21-22-24)10-23-9-12(8-20-25)14-4-3-7-19-17(14)23/h1-9,11,25H,10H2/b20-8+. The van der Waals surface area contributed by atoms with Gasteiger partial charge in [0.05, 0.1) is 19.0 Å². The number of nitrogens with zero attached hydrogens (tertiary/aromatic N) is 6. The fourth-order valence-corrected chi connectivity index (χ4v) is 2.74.